The molecule has 0 saturated carbocycles. The summed E-state index contributed by atoms with van der Waals surface area (Å²) in [5, 5.41) is 23.9. The van der Waals surface area contributed by atoms with E-state index in [0.29, 0.717) is 37.4 Å². The third-order valence-electron chi connectivity index (χ3n) is 4.55. The second kappa shape index (κ2) is 6.79. The Hall–Kier alpha value is -1.40. The van der Waals surface area contributed by atoms with Crippen molar-refractivity contribution >= 4 is 5.91 Å². The average molecular weight is 310 g/mol. The molecule has 0 unspecified atom stereocenters. The van der Waals surface area contributed by atoms with E-state index in [0.717, 1.165) is 6.42 Å². The maximum absolute atomic E-state index is 12.6. The van der Waals surface area contributed by atoms with Gasteiger partial charge in [0.15, 0.2) is 5.69 Å². The second-order valence-electron chi connectivity index (χ2n) is 6.57. The van der Waals surface area contributed by atoms with Crippen LogP contribution in [0.4, 0.5) is 0 Å². The molecule has 6 heteroatoms. The maximum atomic E-state index is 12.6. The van der Waals surface area contributed by atoms with Gasteiger partial charge >= 0.3 is 0 Å². The van der Waals surface area contributed by atoms with Gasteiger partial charge in [-0.15, -0.1) is 0 Å². The molecule has 1 aromatic rings. The molecular weight excluding hydrogens is 284 g/mol. The SMILES string of the molecule is CCC[C@@]1(CO)CN(C(=O)c2cc(C(C)C)on2)CC[C@@H]1O. The van der Waals surface area contributed by atoms with Crippen molar-refractivity contribution in [1.29, 1.82) is 0 Å². The number of hydrogen-bond acceptors (Lipinski definition) is 5. The number of amides is 1. The van der Waals surface area contributed by atoms with Crippen LogP contribution in [-0.2, 0) is 0 Å². The predicted octanol–water partition coefficient (Wildman–Crippen LogP) is 1.78. The fourth-order valence-electron chi connectivity index (χ4n) is 3.12. The summed E-state index contributed by atoms with van der Waals surface area (Å²) in [6, 6.07) is 1.68. The zero-order chi connectivity index (χ0) is 16.3. The van der Waals surface area contributed by atoms with Crippen molar-refractivity contribution in [3.63, 3.8) is 0 Å². The van der Waals surface area contributed by atoms with Gasteiger partial charge in [-0.25, -0.2) is 0 Å². The van der Waals surface area contributed by atoms with Gasteiger partial charge in [0.05, 0.1) is 12.7 Å². The van der Waals surface area contributed by atoms with E-state index in [4.69, 9.17) is 4.52 Å². The maximum Gasteiger partial charge on any atom is 0.276 e. The van der Waals surface area contributed by atoms with Gasteiger partial charge in [-0.05, 0) is 12.8 Å². The van der Waals surface area contributed by atoms with E-state index >= 15 is 0 Å². The number of piperidine rings is 1. The van der Waals surface area contributed by atoms with Crippen LogP contribution in [0.1, 0.15) is 62.2 Å². The molecule has 0 aromatic carbocycles. The number of hydrogen-bond donors (Lipinski definition) is 2. The lowest BCUT2D eigenvalue weighted by Crippen LogP contribution is -2.55. The normalized spacial score (nSPS) is 25.7. The summed E-state index contributed by atoms with van der Waals surface area (Å²) in [4.78, 5) is 14.3. The van der Waals surface area contributed by atoms with E-state index < -0.39 is 11.5 Å². The minimum absolute atomic E-state index is 0.123. The van der Waals surface area contributed by atoms with Crippen LogP contribution >= 0.6 is 0 Å². The molecule has 124 valence electrons. The van der Waals surface area contributed by atoms with E-state index in [-0.39, 0.29) is 18.4 Å². The van der Waals surface area contributed by atoms with Gasteiger partial charge in [0.1, 0.15) is 5.76 Å². The van der Waals surface area contributed by atoms with Gasteiger partial charge < -0.3 is 19.6 Å². The van der Waals surface area contributed by atoms with E-state index in [9.17, 15) is 15.0 Å². The Morgan fingerprint density at radius 3 is 2.86 bits per heavy atom. The van der Waals surface area contributed by atoms with Crippen LogP contribution in [0.25, 0.3) is 0 Å². The first-order valence-corrected chi connectivity index (χ1v) is 7.98. The first-order chi connectivity index (χ1) is 10.4. The molecule has 2 heterocycles. The van der Waals surface area contributed by atoms with Gasteiger partial charge in [-0.3, -0.25) is 4.79 Å². The van der Waals surface area contributed by atoms with Crippen LogP contribution < -0.4 is 0 Å². The molecule has 6 nitrogen and oxygen atoms in total. The van der Waals surface area contributed by atoms with Gasteiger partial charge in [0.2, 0.25) is 0 Å². The largest absolute Gasteiger partial charge is 0.396 e. The Balaban J connectivity index is 2.15. The monoisotopic (exact) mass is 310 g/mol. The van der Waals surface area contributed by atoms with Gasteiger partial charge in [-0.2, -0.15) is 0 Å². The standard InChI is InChI=1S/C16H26N2O4/c1-4-6-16(10-19)9-18(7-5-14(16)20)15(21)12-8-13(11(2)3)22-17-12/h8,11,14,19-20H,4-7,9-10H2,1-3H3/t14-,16-/m0/s1. The van der Waals surface area contributed by atoms with Crippen molar-refractivity contribution in [1.82, 2.24) is 10.1 Å². The highest BCUT2D eigenvalue weighted by Crippen LogP contribution is 2.35. The number of rotatable bonds is 5. The zero-order valence-electron chi connectivity index (χ0n) is 13.6. The molecular formula is C16H26N2O4. The van der Waals surface area contributed by atoms with E-state index in [1.807, 2.05) is 20.8 Å². The molecule has 22 heavy (non-hydrogen) atoms. The van der Waals surface area contributed by atoms with Crippen molar-refractivity contribution in [2.24, 2.45) is 5.41 Å². The first kappa shape index (κ1) is 17.0. The van der Waals surface area contributed by atoms with E-state index in [2.05, 4.69) is 5.16 Å². The zero-order valence-corrected chi connectivity index (χ0v) is 13.6. The third kappa shape index (κ3) is 3.17. The van der Waals surface area contributed by atoms with Crippen LogP contribution in [0.5, 0.6) is 0 Å². The van der Waals surface area contributed by atoms with Crippen LogP contribution in [-0.4, -0.2) is 52.0 Å². The first-order valence-electron chi connectivity index (χ1n) is 7.98. The molecule has 1 aliphatic heterocycles. The highest BCUT2D eigenvalue weighted by Gasteiger charge is 2.43. The Morgan fingerprint density at radius 1 is 1.59 bits per heavy atom. The van der Waals surface area contributed by atoms with Crippen molar-refractivity contribution < 1.29 is 19.5 Å². The summed E-state index contributed by atoms with van der Waals surface area (Å²) in [5.74, 6) is 0.660. The lowest BCUT2D eigenvalue weighted by atomic mass is 9.74. The predicted molar refractivity (Wildman–Crippen MR) is 81.5 cm³/mol. The van der Waals surface area contributed by atoms with Crippen LogP contribution in [0.15, 0.2) is 10.6 Å². The summed E-state index contributed by atoms with van der Waals surface area (Å²) in [6.07, 6.45) is 1.43. The molecule has 1 amide bonds. The number of nitrogens with zero attached hydrogens (tertiary/aromatic N) is 2. The summed E-state index contributed by atoms with van der Waals surface area (Å²) in [6.45, 7) is 6.66. The number of aliphatic hydroxyl groups excluding tert-OH is 2. The molecule has 1 aromatic heterocycles. The number of aromatic nitrogens is 1. The summed E-state index contributed by atoms with van der Waals surface area (Å²) in [7, 11) is 0. The van der Waals surface area contributed by atoms with Crippen molar-refractivity contribution in [3.05, 3.63) is 17.5 Å². The van der Waals surface area contributed by atoms with E-state index in [1.54, 1.807) is 11.0 Å². The van der Waals surface area contributed by atoms with Crippen molar-refractivity contribution in [2.45, 2.75) is 52.1 Å². The van der Waals surface area contributed by atoms with Crippen LogP contribution in [0.3, 0.4) is 0 Å². The Bertz CT molecular complexity index is 514. The molecule has 0 spiro atoms. The average Bonchev–Trinajstić information content (AvgIpc) is 2.99. The second-order valence-corrected chi connectivity index (χ2v) is 6.57. The topological polar surface area (TPSA) is 86.8 Å². The molecule has 1 saturated heterocycles. The van der Waals surface area contributed by atoms with Gasteiger partial charge in [0.25, 0.3) is 5.91 Å². The highest BCUT2D eigenvalue weighted by atomic mass is 16.5. The lowest BCUT2D eigenvalue weighted by molar-refractivity contribution is -0.0721. The van der Waals surface area contributed by atoms with Crippen LogP contribution in [0, 0.1) is 5.41 Å². The van der Waals surface area contributed by atoms with Crippen molar-refractivity contribution in [2.75, 3.05) is 19.7 Å². The highest BCUT2D eigenvalue weighted by molar-refractivity contribution is 5.92. The van der Waals surface area contributed by atoms with Crippen LogP contribution in [0.2, 0.25) is 0 Å². The quantitative estimate of drug-likeness (QED) is 0.865. The molecule has 0 aliphatic carbocycles. The van der Waals surface area contributed by atoms with Gasteiger partial charge in [0, 0.05) is 30.5 Å². The Labute approximate surface area is 131 Å². The number of carbonyl (C=O) groups excluding carboxylic acids is 1. The third-order valence-corrected chi connectivity index (χ3v) is 4.55. The molecule has 1 aliphatic rings. The number of carbonyl (C=O) groups is 1. The molecule has 0 radical (unpaired) electrons. The van der Waals surface area contributed by atoms with Crippen molar-refractivity contribution in [3.8, 4) is 0 Å². The minimum atomic E-state index is -0.632. The summed E-state index contributed by atoms with van der Waals surface area (Å²) < 4.78 is 5.19. The summed E-state index contributed by atoms with van der Waals surface area (Å²) in [5.41, 5.74) is -0.337. The Morgan fingerprint density at radius 2 is 2.32 bits per heavy atom. The van der Waals surface area contributed by atoms with Gasteiger partial charge in [-0.1, -0.05) is 32.3 Å². The molecule has 0 bridgehead atoms. The summed E-state index contributed by atoms with van der Waals surface area (Å²) >= 11 is 0. The lowest BCUT2D eigenvalue weighted by Gasteiger charge is -2.45. The van der Waals surface area contributed by atoms with E-state index in [1.165, 1.54) is 0 Å². The fraction of sp³-hybridized carbons (Fsp3) is 0.750. The smallest absolute Gasteiger partial charge is 0.276 e. The molecule has 2 atom stereocenters. The molecule has 1 fully saturated rings. The Kier molecular flexibility index (Phi) is 5.24. The number of aliphatic hydroxyl groups is 2. The molecule has 2 rings (SSSR count). The number of likely N-dealkylation sites (tertiary alicyclic amines) is 1. The molecule has 2 N–H and O–H groups in total. The minimum Gasteiger partial charge on any atom is -0.396 e. The fourth-order valence-corrected chi connectivity index (χ4v) is 3.12.